The van der Waals surface area contributed by atoms with E-state index < -0.39 is 0 Å². The molecule has 2 N–H and O–H groups in total. The minimum absolute atomic E-state index is 0.257. The number of nitrogens with zero attached hydrogens (tertiary/aromatic N) is 2. The quantitative estimate of drug-likeness (QED) is 0.736. The van der Waals surface area contributed by atoms with E-state index >= 15 is 0 Å². The summed E-state index contributed by atoms with van der Waals surface area (Å²) in [5.74, 6) is 0. The molecule has 1 fully saturated rings. The third kappa shape index (κ3) is 2.83. The Hall–Kier alpha value is -0.870. The minimum Gasteiger partial charge on any atom is -0.396 e. The minimum atomic E-state index is 0.257. The van der Waals surface area contributed by atoms with Crippen LogP contribution in [-0.2, 0) is 6.54 Å². The van der Waals surface area contributed by atoms with Gasteiger partial charge in [0.2, 0.25) is 0 Å². The highest BCUT2D eigenvalue weighted by Crippen LogP contribution is 2.35. The summed E-state index contributed by atoms with van der Waals surface area (Å²) in [5.41, 5.74) is 1.26. The molecule has 0 saturated heterocycles. The first kappa shape index (κ1) is 11.6. The third-order valence-corrected chi connectivity index (χ3v) is 3.23. The average Bonchev–Trinajstić information content (AvgIpc) is 3.04. The Morgan fingerprint density at radius 3 is 3.06 bits per heavy atom. The molecule has 90 valence electrons. The van der Waals surface area contributed by atoms with Gasteiger partial charge in [0.25, 0.3) is 0 Å². The van der Waals surface area contributed by atoms with E-state index in [4.69, 9.17) is 5.11 Å². The van der Waals surface area contributed by atoms with Gasteiger partial charge in [-0.3, -0.25) is 0 Å². The van der Waals surface area contributed by atoms with Crippen molar-refractivity contribution in [3.63, 3.8) is 0 Å². The van der Waals surface area contributed by atoms with E-state index in [9.17, 15) is 0 Å². The Labute approximate surface area is 96.7 Å². The van der Waals surface area contributed by atoms with Crippen molar-refractivity contribution in [2.24, 2.45) is 0 Å². The van der Waals surface area contributed by atoms with Crippen LogP contribution in [0.25, 0.3) is 0 Å². The number of hydrogen-bond donors (Lipinski definition) is 2. The Morgan fingerprint density at radius 2 is 2.44 bits per heavy atom. The van der Waals surface area contributed by atoms with E-state index in [-0.39, 0.29) is 6.61 Å². The van der Waals surface area contributed by atoms with Gasteiger partial charge in [0.15, 0.2) is 0 Å². The molecule has 0 bridgehead atoms. The van der Waals surface area contributed by atoms with Crippen LogP contribution >= 0.6 is 0 Å². The molecule has 1 unspecified atom stereocenters. The summed E-state index contributed by atoms with van der Waals surface area (Å²) in [5, 5.41) is 12.4. The zero-order valence-electron chi connectivity index (χ0n) is 9.89. The number of hydrogen-bond acceptors (Lipinski definition) is 3. The molecule has 16 heavy (non-hydrogen) atoms. The van der Waals surface area contributed by atoms with E-state index in [0.717, 1.165) is 19.4 Å². The molecular formula is C12H21N3O. The molecule has 1 heterocycles. The Morgan fingerprint density at radius 1 is 1.62 bits per heavy atom. The topological polar surface area (TPSA) is 50.1 Å². The van der Waals surface area contributed by atoms with Crippen LogP contribution in [0.3, 0.4) is 0 Å². The molecule has 0 radical (unpaired) electrons. The highest BCUT2D eigenvalue weighted by atomic mass is 16.3. The predicted octanol–water partition coefficient (Wildman–Crippen LogP) is 1.47. The van der Waals surface area contributed by atoms with Crippen LogP contribution in [-0.4, -0.2) is 27.3 Å². The lowest BCUT2D eigenvalue weighted by molar-refractivity contribution is 0.261. The number of imidazole rings is 1. The fourth-order valence-electron chi connectivity index (χ4n) is 2.01. The molecule has 1 aliphatic rings. The summed E-state index contributed by atoms with van der Waals surface area (Å²) in [6.07, 6.45) is 8.33. The van der Waals surface area contributed by atoms with Crippen molar-refractivity contribution in [3.05, 3.63) is 18.2 Å². The van der Waals surface area contributed by atoms with Crippen molar-refractivity contribution in [2.75, 3.05) is 6.61 Å². The average molecular weight is 223 g/mol. The van der Waals surface area contributed by atoms with Crippen LogP contribution in [0.2, 0.25) is 0 Å². The second-order valence-electron chi connectivity index (χ2n) is 4.52. The van der Waals surface area contributed by atoms with Gasteiger partial charge in [-0.05, 0) is 25.7 Å². The number of aromatic nitrogens is 2. The number of rotatable bonds is 7. The summed E-state index contributed by atoms with van der Waals surface area (Å²) in [4.78, 5) is 4.21. The first-order chi connectivity index (χ1) is 7.85. The van der Waals surface area contributed by atoms with Gasteiger partial charge in [-0.1, -0.05) is 6.92 Å². The predicted molar refractivity (Wildman–Crippen MR) is 63.1 cm³/mol. The van der Waals surface area contributed by atoms with Crippen LogP contribution in [0.1, 0.15) is 44.3 Å². The van der Waals surface area contributed by atoms with Crippen LogP contribution in [0.15, 0.2) is 12.5 Å². The van der Waals surface area contributed by atoms with Gasteiger partial charge in [0.1, 0.15) is 0 Å². The van der Waals surface area contributed by atoms with Gasteiger partial charge >= 0.3 is 0 Å². The zero-order valence-corrected chi connectivity index (χ0v) is 9.89. The molecule has 1 aliphatic carbocycles. The first-order valence-corrected chi connectivity index (χ1v) is 6.20. The lowest BCUT2D eigenvalue weighted by atomic mass is 10.1. The maximum atomic E-state index is 8.92. The maximum absolute atomic E-state index is 8.92. The van der Waals surface area contributed by atoms with Crippen molar-refractivity contribution < 1.29 is 5.11 Å². The Kier molecular flexibility index (Phi) is 3.96. The SMILES string of the molecule is CCC(CCO)NCc1cncn1C1CC1. The third-order valence-electron chi connectivity index (χ3n) is 3.23. The molecule has 1 aromatic rings. The molecule has 0 aliphatic heterocycles. The standard InChI is InChI=1S/C12H21N3O/c1-2-10(5-6-16)14-8-12-7-13-9-15(12)11-3-4-11/h7,9-11,14,16H,2-6,8H2,1H3. The fraction of sp³-hybridized carbons (Fsp3) is 0.750. The molecular weight excluding hydrogens is 202 g/mol. The summed E-state index contributed by atoms with van der Waals surface area (Å²) in [7, 11) is 0. The van der Waals surface area contributed by atoms with Gasteiger partial charge in [-0.2, -0.15) is 0 Å². The largest absolute Gasteiger partial charge is 0.396 e. The fourth-order valence-corrected chi connectivity index (χ4v) is 2.01. The molecule has 0 aromatic carbocycles. The van der Waals surface area contributed by atoms with E-state index in [0.29, 0.717) is 12.1 Å². The molecule has 1 aromatic heterocycles. The Balaban J connectivity index is 1.85. The van der Waals surface area contributed by atoms with E-state index in [1.807, 2.05) is 12.5 Å². The van der Waals surface area contributed by atoms with Crippen molar-refractivity contribution in [1.29, 1.82) is 0 Å². The van der Waals surface area contributed by atoms with Gasteiger partial charge in [0, 0.05) is 31.4 Å². The van der Waals surface area contributed by atoms with Crippen LogP contribution in [0, 0.1) is 0 Å². The molecule has 0 spiro atoms. The molecule has 4 heteroatoms. The molecule has 1 atom stereocenters. The summed E-state index contributed by atoms with van der Waals surface area (Å²) in [6, 6.07) is 1.10. The lowest BCUT2D eigenvalue weighted by Crippen LogP contribution is -2.29. The number of aliphatic hydroxyl groups is 1. The van der Waals surface area contributed by atoms with Crippen LogP contribution in [0.4, 0.5) is 0 Å². The molecule has 4 nitrogen and oxygen atoms in total. The van der Waals surface area contributed by atoms with Gasteiger partial charge in [0.05, 0.1) is 12.0 Å². The van der Waals surface area contributed by atoms with Gasteiger partial charge in [-0.15, -0.1) is 0 Å². The second kappa shape index (κ2) is 5.46. The summed E-state index contributed by atoms with van der Waals surface area (Å²) < 4.78 is 2.28. The van der Waals surface area contributed by atoms with Crippen molar-refractivity contribution in [1.82, 2.24) is 14.9 Å². The van der Waals surface area contributed by atoms with Crippen LogP contribution in [0.5, 0.6) is 0 Å². The summed E-state index contributed by atoms with van der Waals surface area (Å²) in [6.45, 7) is 3.26. The smallest absolute Gasteiger partial charge is 0.0951 e. The summed E-state index contributed by atoms with van der Waals surface area (Å²) >= 11 is 0. The number of nitrogens with one attached hydrogen (secondary N) is 1. The maximum Gasteiger partial charge on any atom is 0.0951 e. The molecule has 2 rings (SSSR count). The molecule has 0 amide bonds. The highest BCUT2D eigenvalue weighted by Gasteiger charge is 2.25. The zero-order chi connectivity index (χ0) is 11.4. The van der Waals surface area contributed by atoms with Crippen molar-refractivity contribution in [2.45, 2.75) is 51.2 Å². The Bertz CT molecular complexity index is 320. The monoisotopic (exact) mass is 223 g/mol. The van der Waals surface area contributed by atoms with Crippen molar-refractivity contribution in [3.8, 4) is 0 Å². The van der Waals surface area contributed by atoms with E-state index in [1.165, 1.54) is 18.5 Å². The number of aliphatic hydroxyl groups excluding tert-OH is 1. The second-order valence-corrected chi connectivity index (χ2v) is 4.52. The van der Waals surface area contributed by atoms with E-state index in [2.05, 4.69) is 21.8 Å². The van der Waals surface area contributed by atoms with Crippen LogP contribution < -0.4 is 5.32 Å². The first-order valence-electron chi connectivity index (χ1n) is 6.20. The molecule has 1 saturated carbocycles. The van der Waals surface area contributed by atoms with Crippen molar-refractivity contribution >= 4 is 0 Å². The normalized spacial score (nSPS) is 17.6. The van der Waals surface area contributed by atoms with Gasteiger partial charge in [-0.25, -0.2) is 4.98 Å². The van der Waals surface area contributed by atoms with E-state index in [1.54, 1.807) is 0 Å². The highest BCUT2D eigenvalue weighted by molar-refractivity contribution is 5.03. The van der Waals surface area contributed by atoms with Gasteiger partial charge < -0.3 is 15.0 Å². The lowest BCUT2D eigenvalue weighted by Gasteiger charge is -2.16.